The summed E-state index contributed by atoms with van der Waals surface area (Å²) >= 11 is 3.44. The lowest BCUT2D eigenvalue weighted by Crippen LogP contribution is -2.17. The maximum Gasteiger partial charge on any atom is 0.223 e. The summed E-state index contributed by atoms with van der Waals surface area (Å²) in [5.41, 5.74) is 3.54. The van der Waals surface area contributed by atoms with E-state index in [0.717, 1.165) is 28.3 Å². The molecule has 2 fully saturated rings. The van der Waals surface area contributed by atoms with Gasteiger partial charge in [-0.1, -0.05) is 31.7 Å². The lowest BCUT2D eigenvalue weighted by molar-refractivity contribution is 0.553. The predicted molar refractivity (Wildman–Crippen MR) is 133 cm³/mol. The van der Waals surface area contributed by atoms with Crippen LogP contribution in [-0.4, -0.2) is 31.7 Å². The minimum atomic E-state index is 0.451. The topological polar surface area (TPSA) is 80.3 Å². The molecule has 4 aromatic rings. The summed E-state index contributed by atoms with van der Waals surface area (Å²) in [5, 5.41) is 12.2. The second-order valence-electron chi connectivity index (χ2n) is 9.05. The Labute approximate surface area is 201 Å². The Kier molecular flexibility index (Phi) is 5.54. The van der Waals surface area contributed by atoms with Gasteiger partial charge in [-0.05, 0) is 71.9 Å². The van der Waals surface area contributed by atoms with Gasteiger partial charge in [-0.25, -0.2) is 14.5 Å². The number of aromatic nitrogens is 4. The largest absolute Gasteiger partial charge is 0.448 e. The molecule has 2 aliphatic carbocycles. The zero-order valence-electron chi connectivity index (χ0n) is 18.4. The Morgan fingerprint density at radius 2 is 1.67 bits per heavy atom. The molecule has 170 valence electrons. The van der Waals surface area contributed by atoms with Gasteiger partial charge in [-0.3, -0.25) is 0 Å². The standard InChI is InChI=1S/C25H27BrN6O/c26-21-13-12-20(33-21)24-23(18-14-15-27-25(30-18)29-17-8-3-4-9-17)19-10-5-11-22(32(19)31-24)28-16-6-1-2-7-16/h5,10-17,28H,1-4,6-9H2,(H,27,29,30). The third-order valence-electron chi connectivity index (χ3n) is 6.77. The Hall–Kier alpha value is -2.87. The molecule has 0 bridgehead atoms. The van der Waals surface area contributed by atoms with Gasteiger partial charge in [0.25, 0.3) is 0 Å². The van der Waals surface area contributed by atoms with Crippen LogP contribution >= 0.6 is 15.9 Å². The molecule has 8 heteroatoms. The van der Waals surface area contributed by atoms with Gasteiger partial charge in [0, 0.05) is 18.3 Å². The molecular formula is C25H27BrN6O. The first kappa shape index (κ1) is 20.7. The third-order valence-corrected chi connectivity index (χ3v) is 7.20. The van der Waals surface area contributed by atoms with Crippen LogP contribution in [0.2, 0.25) is 0 Å². The van der Waals surface area contributed by atoms with E-state index >= 15 is 0 Å². The van der Waals surface area contributed by atoms with Crippen LogP contribution in [0.4, 0.5) is 11.8 Å². The number of fused-ring (bicyclic) bond motifs is 1. The number of nitrogens with zero attached hydrogens (tertiary/aromatic N) is 4. The highest BCUT2D eigenvalue weighted by molar-refractivity contribution is 9.10. The molecule has 0 aromatic carbocycles. The van der Waals surface area contributed by atoms with Crippen molar-refractivity contribution in [2.75, 3.05) is 10.6 Å². The van der Waals surface area contributed by atoms with Crippen molar-refractivity contribution in [1.82, 2.24) is 19.6 Å². The summed E-state index contributed by atoms with van der Waals surface area (Å²) < 4.78 is 8.60. The highest BCUT2D eigenvalue weighted by atomic mass is 79.9. The highest BCUT2D eigenvalue weighted by Gasteiger charge is 2.24. The summed E-state index contributed by atoms with van der Waals surface area (Å²) in [6.07, 6.45) is 11.7. The number of hydrogen-bond acceptors (Lipinski definition) is 6. The van der Waals surface area contributed by atoms with E-state index in [1.165, 1.54) is 51.4 Å². The van der Waals surface area contributed by atoms with Crippen LogP contribution in [0.15, 0.2) is 51.7 Å². The fourth-order valence-corrected chi connectivity index (χ4v) is 5.45. The van der Waals surface area contributed by atoms with Crippen molar-refractivity contribution in [2.24, 2.45) is 0 Å². The van der Waals surface area contributed by atoms with E-state index in [1.807, 2.05) is 28.9 Å². The molecule has 33 heavy (non-hydrogen) atoms. The smallest absolute Gasteiger partial charge is 0.223 e. The van der Waals surface area contributed by atoms with Gasteiger partial charge >= 0.3 is 0 Å². The number of halogens is 1. The number of nitrogens with one attached hydrogen (secondary N) is 2. The first-order chi connectivity index (χ1) is 16.2. The summed E-state index contributed by atoms with van der Waals surface area (Å²) in [4.78, 5) is 9.40. The van der Waals surface area contributed by atoms with E-state index in [2.05, 4.69) is 49.7 Å². The maximum atomic E-state index is 5.93. The second kappa shape index (κ2) is 8.82. The van der Waals surface area contributed by atoms with Crippen molar-refractivity contribution in [3.63, 3.8) is 0 Å². The third kappa shape index (κ3) is 4.12. The number of pyridine rings is 1. The summed E-state index contributed by atoms with van der Waals surface area (Å²) in [5.74, 6) is 2.37. The van der Waals surface area contributed by atoms with Gasteiger partial charge in [0.15, 0.2) is 10.4 Å². The van der Waals surface area contributed by atoms with E-state index in [9.17, 15) is 0 Å². The van der Waals surface area contributed by atoms with Crippen molar-refractivity contribution < 1.29 is 4.42 Å². The summed E-state index contributed by atoms with van der Waals surface area (Å²) in [7, 11) is 0. The second-order valence-corrected chi connectivity index (χ2v) is 9.83. The first-order valence-corrected chi connectivity index (χ1v) is 12.7. The molecule has 0 atom stereocenters. The molecule has 6 rings (SSSR count). The van der Waals surface area contributed by atoms with E-state index in [1.54, 1.807) is 0 Å². The van der Waals surface area contributed by atoms with Gasteiger partial charge in [0.1, 0.15) is 11.5 Å². The zero-order chi connectivity index (χ0) is 22.2. The molecule has 4 heterocycles. The van der Waals surface area contributed by atoms with Gasteiger partial charge in [-0.2, -0.15) is 5.10 Å². The van der Waals surface area contributed by atoms with Crippen LogP contribution in [-0.2, 0) is 0 Å². The fraction of sp³-hybridized carbons (Fsp3) is 0.400. The van der Waals surface area contributed by atoms with Gasteiger partial charge in [-0.15, -0.1) is 0 Å². The van der Waals surface area contributed by atoms with Crippen molar-refractivity contribution in [3.8, 4) is 22.7 Å². The fourth-order valence-electron chi connectivity index (χ4n) is 5.14. The van der Waals surface area contributed by atoms with Crippen LogP contribution in [0.3, 0.4) is 0 Å². The maximum absolute atomic E-state index is 5.93. The van der Waals surface area contributed by atoms with Crippen LogP contribution in [0.25, 0.3) is 28.2 Å². The Balaban J connectivity index is 1.47. The molecule has 0 saturated heterocycles. The van der Waals surface area contributed by atoms with Gasteiger partial charge in [0.05, 0.1) is 16.8 Å². The lowest BCUT2D eigenvalue weighted by atomic mass is 10.1. The number of anilines is 2. The Bertz CT molecular complexity index is 1270. The monoisotopic (exact) mass is 506 g/mol. The van der Waals surface area contributed by atoms with Gasteiger partial charge in [0.2, 0.25) is 5.95 Å². The van der Waals surface area contributed by atoms with Crippen LogP contribution in [0.1, 0.15) is 51.4 Å². The minimum absolute atomic E-state index is 0.451. The predicted octanol–water partition coefficient (Wildman–Crippen LogP) is 6.52. The van der Waals surface area contributed by atoms with Crippen molar-refractivity contribution in [3.05, 3.63) is 47.3 Å². The lowest BCUT2D eigenvalue weighted by Gasteiger charge is -2.14. The number of hydrogen-bond donors (Lipinski definition) is 2. The Morgan fingerprint density at radius 1 is 0.909 bits per heavy atom. The zero-order valence-corrected chi connectivity index (χ0v) is 20.0. The van der Waals surface area contributed by atoms with E-state index in [4.69, 9.17) is 14.5 Å². The first-order valence-electron chi connectivity index (χ1n) is 11.9. The molecule has 0 aliphatic heterocycles. The van der Waals surface area contributed by atoms with Crippen LogP contribution in [0.5, 0.6) is 0 Å². The molecule has 0 radical (unpaired) electrons. The molecule has 2 aliphatic rings. The quantitative estimate of drug-likeness (QED) is 0.309. The number of furan rings is 1. The SMILES string of the molecule is Brc1ccc(-c2nn3c(NC4CCCC4)cccc3c2-c2ccnc(NC3CCCC3)n2)o1. The minimum Gasteiger partial charge on any atom is -0.448 e. The molecular weight excluding hydrogens is 480 g/mol. The van der Waals surface area contributed by atoms with E-state index in [0.29, 0.717) is 28.5 Å². The summed E-state index contributed by atoms with van der Waals surface area (Å²) in [6.45, 7) is 0. The number of rotatable bonds is 6. The van der Waals surface area contributed by atoms with Crippen molar-refractivity contribution in [2.45, 2.75) is 63.5 Å². The van der Waals surface area contributed by atoms with Crippen molar-refractivity contribution >= 4 is 33.2 Å². The highest BCUT2D eigenvalue weighted by Crippen LogP contribution is 2.37. The van der Waals surface area contributed by atoms with Crippen LogP contribution < -0.4 is 10.6 Å². The molecule has 7 nitrogen and oxygen atoms in total. The molecule has 2 saturated carbocycles. The molecule has 0 amide bonds. The van der Waals surface area contributed by atoms with Crippen LogP contribution in [0, 0.1) is 0 Å². The molecule has 0 unspecified atom stereocenters. The molecule has 2 N–H and O–H groups in total. The average Bonchev–Trinajstić information content (AvgIpc) is 3.62. The van der Waals surface area contributed by atoms with Gasteiger partial charge < -0.3 is 15.1 Å². The normalized spacial score (nSPS) is 17.2. The van der Waals surface area contributed by atoms with E-state index in [-0.39, 0.29) is 0 Å². The molecule has 4 aromatic heterocycles. The molecule has 0 spiro atoms. The Morgan fingerprint density at radius 3 is 2.39 bits per heavy atom. The van der Waals surface area contributed by atoms with E-state index < -0.39 is 0 Å². The average molecular weight is 507 g/mol. The van der Waals surface area contributed by atoms with Crippen molar-refractivity contribution in [1.29, 1.82) is 0 Å². The summed E-state index contributed by atoms with van der Waals surface area (Å²) in [6, 6.07) is 13.0.